The van der Waals surface area contributed by atoms with Crippen molar-refractivity contribution in [3.05, 3.63) is 23.6 Å². The van der Waals surface area contributed by atoms with Gasteiger partial charge in [-0.15, -0.1) is 0 Å². The summed E-state index contributed by atoms with van der Waals surface area (Å²) in [7, 11) is 0. The summed E-state index contributed by atoms with van der Waals surface area (Å²) in [5.74, 6) is -1.55. The minimum Gasteiger partial charge on any atom is -0.410 e. The van der Waals surface area contributed by atoms with Gasteiger partial charge in [0.1, 0.15) is 5.71 Å². The first-order chi connectivity index (χ1) is 5.16. The van der Waals surface area contributed by atoms with Gasteiger partial charge in [0, 0.05) is 5.57 Å². The predicted molar refractivity (Wildman–Crippen MR) is 37.2 cm³/mol. The lowest BCUT2D eigenvalue weighted by atomic mass is 10.0. The van der Waals surface area contributed by atoms with Crippen LogP contribution >= 0.6 is 0 Å². The molecule has 0 unspecified atom stereocenters. The van der Waals surface area contributed by atoms with Crippen LogP contribution in [0, 0.1) is 0 Å². The molecule has 0 atom stereocenters. The molecule has 0 heterocycles. The van der Waals surface area contributed by atoms with Crippen molar-refractivity contribution in [2.45, 2.75) is 6.92 Å². The van der Waals surface area contributed by atoms with Crippen molar-refractivity contribution in [3.63, 3.8) is 0 Å². The third kappa shape index (κ3) is 1.19. The first kappa shape index (κ1) is 7.65. The van der Waals surface area contributed by atoms with Crippen molar-refractivity contribution >= 4 is 11.5 Å². The Hall–Kier alpha value is -1.45. The number of hydrogen-bond acceptors (Lipinski definition) is 3. The van der Waals surface area contributed by atoms with Crippen molar-refractivity contribution in [2.24, 2.45) is 5.16 Å². The summed E-state index contributed by atoms with van der Waals surface area (Å²) in [4.78, 5) is 10.6. The van der Waals surface area contributed by atoms with Crippen molar-refractivity contribution in [2.75, 3.05) is 0 Å². The first-order valence-electron chi connectivity index (χ1n) is 2.98. The van der Waals surface area contributed by atoms with E-state index in [0.29, 0.717) is 0 Å². The Bertz CT molecular complexity index is 289. The number of ketones is 1. The molecule has 0 spiro atoms. The Morgan fingerprint density at radius 3 is 2.73 bits per heavy atom. The summed E-state index contributed by atoms with van der Waals surface area (Å²) in [5.41, 5.74) is 0.155. The summed E-state index contributed by atoms with van der Waals surface area (Å²) < 4.78 is 12.7. The Balaban J connectivity index is 3.14. The van der Waals surface area contributed by atoms with Gasteiger partial charge >= 0.3 is 0 Å². The Kier molecular flexibility index (Phi) is 1.85. The molecular formula is C7H6FNO2. The number of rotatable bonds is 0. The summed E-state index contributed by atoms with van der Waals surface area (Å²) in [6.07, 6.45) is 2.29. The van der Waals surface area contributed by atoms with Crippen molar-refractivity contribution in [3.8, 4) is 0 Å². The van der Waals surface area contributed by atoms with Crippen molar-refractivity contribution in [1.82, 2.24) is 0 Å². The maximum atomic E-state index is 12.7. The van der Waals surface area contributed by atoms with E-state index in [4.69, 9.17) is 5.21 Å². The monoisotopic (exact) mass is 155 g/mol. The molecule has 11 heavy (non-hydrogen) atoms. The van der Waals surface area contributed by atoms with Gasteiger partial charge in [0.2, 0.25) is 5.78 Å². The van der Waals surface area contributed by atoms with Gasteiger partial charge in [0.05, 0.1) is 0 Å². The molecule has 1 N–H and O–H groups in total. The van der Waals surface area contributed by atoms with Crippen molar-refractivity contribution in [1.29, 1.82) is 0 Å². The number of carbonyl (C=O) groups is 1. The number of carbonyl (C=O) groups excluding carboxylic acids is 1. The Labute approximate surface area is 62.5 Å². The second kappa shape index (κ2) is 2.65. The van der Waals surface area contributed by atoms with E-state index in [0.717, 1.165) is 6.08 Å². The molecule has 58 valence electrons. The Morgan fingerprint density at radius 2 is 2.18 bits per heavy atom. The topological polar surface area (TPSA) is 49.7 Å². The van der Waals surface area contributed by atoms with Gasteiger partial charge in [-0.1, -0.05) is 5.16 Å². The quantitative estimate of drug-likeness (QED) is 0.324. The molecule has 1 rings (SSSR count). The molecule has 1 aliphatic rings. The van der Waals surface area contributed by atoms with Gasteiger partial charge in [0.15, 0.2) is 5.83 Å². The molecule has 0 radical (unpaired) electrons. The molecule has 0 bridgehead atoms. The minimum absolute atomic E-state index is 0.0694. The van der Waals surface area contributed by atoms with Crippen LogP contribution in [-0.4, -0.2) is 16.7 Å². The highest BCUT2D eigenvalue weighted by Gasteiger charge is 2.17. The van der Waals surface area contributed by atoms with Crippen LogP contribution in [0.5, 0.6) is 0 Å². The normalized spacial score (nSPS) is 21.6. The molecule has 0 saturated carbocycles. The van der Waals surface area contributed by atoms with Crippen LogP contribution in [0.25, 0.3) is 0 Å². The van der Waals surface area contributed by atoms with Crippen LogP contribution in [0.1, 0.15) is 6.92 Å². The van der Waals surface area contributed by atoms with Gasteiger partial charge in [0.25, 0.3) is 0 Å². The number of halogens is 1. The molecule has 3 nitrogen and oxygen atoms in total. The summed E-state index contributed by atoms with van der Waals surface area (Å²) >= 11 is 0. The Morgan fingerprint density at radius 1 is 1.55 bits per heavy atom. The third-order valence-electron chi connectivity index (χ3n) is 1.43. The molecule has 1 aliphatic carbocycles. The van der Waals surface area contributed by atoms with Crippen LogP contribution in [0.15, 0.2) is 28.7 Å². The summed E-state index contributed by atoms with van der Waals surface area (Å²) in [6.45, 7) is 1.38. The van der Waals surface area contributed by atoms with Crippen LogP contribution in [-0.2, 0) is 4.79 Å². The highest BCUT2D eigenvalue weighted by Crippen LogP contribution is 2.14. The zero-order valence-electron chi connectivity index (χ0n) is 5.84. The van der Waals surface area contributed by atoms with E-state index in [-0.39, 0.29) is 11.3 Å². The third-order valence-corrected chi connectivity index (χ3v) is 1.43. The molecule has 0 aliphatic heterocycles. The van der Waals surface area contributed by atoms with Crippen LogP contribution < -0.4 is 0 Å². The highest BCUT2D eigenvalue weighted by atomic mass is 19.1. The standard InChI is InChI=1S/C7H6FNO2/c1-4-5(9-11)2-3-6(10)7(4)8/h2-3,11H,1H3. The SMILES string of the molecule is CC1=C(F)C(=O)C=CC1=NO. The average Bonchev–Trinajstić information content (AvgIpc) is 2.01. The molecule has 4 heteroatoms. The van der Waals surface area contributed by atoms with E-state index in [1.807, 2.05) is 0 Å². The van der Waals surface area contributed by atoms with E-state index in [1.165, 1.54) is 13.0 Å². The van der Waals surface area contributed by atoms with Crippen LogP contribution in [0.3, 0.4) is 0 Å². The maximum Gasteiger partial charge on any atom is 0.214 e. The van der Waals surface area contributed by atoms with E-state index < -0.39 is 11.6 Å². The predicted octanol–water partition coefficient (Wildman–Crippen LogP) is 1.20. The van der Waals surface area contributed by atoms with E-state index in [1.54, 1.807) is 0 Å². The largest absolute Gasteiger partial charge is 0.410 e. The van der Waals surface area contributed by atoms with Crippen molar-refractivity contribution < 1.29 is 14.4 Å². The second-order valence-electron chi connectivity index (χ2n) is 2.12. The van der Waals surface area contributed by atoms with Gasteiger partial charge in [-0.3, -0.25) is 4.79 Å². The lowest BCUT2D eigenvalue weighted by molar-refractivity contribution is -0.112. The number of hydrogen-bond donors (Lipinski definition) is 1. The highest BCUT2D eigenvalue weighted by molar-refractivity contribution is 6.20. The molecule has 0 saturated heterocycles. The number of allylic oxidation sites excluding steroid dienone is 4. The van der Waals surface area contributed by atoms with Gasteiger partial charge in [-0.2, -0.15) is 0 Å². The second-order valence-corrected chi connectivity index (χ2v) is 2.12. The zero-order chi connectivity index (χ0) is 8.43. The van der Waals surface area contributed by atoms with E-state index in [2.05, 4.69) is 5.16 Å². The lowest BCUT2D eigenvalue weighted by Gasteiger charge is -2.04. The average molecular weight is 155 g/mol. The fourth-order valence-electron chi connectivity index (χ4n) is 0.758. The molecule has 0 amide bonds. The number of nitrogens with zero attached hydrogens (tertiary/aromatic N) is 1. The summed E-state index contributed by atoms with van der Waals surface area (Å²) in [6, 6.07) is 0. The molecule has 0 aromatic carbocycles. The van der Waals surface area contributed by atoms with Gasteiger partial charge < -0.3 is 5.21 Å². The minimum atomic E-state index is -0.861. The maximum absolute atomic E-state index is 12.7. The van der Waals surface area contributed by atoms with Crippen LogP contribution in [0.4, 0.5) is 4.39 Å². The molecule has 0 aromatic rings. The van der Waals surface area contributed by atoms with Crippen LogP contribution in [0.2, 0.25) is 0 Å². The molecule has 0 aromatic heterocycles. The first-order valence-corrected chi connectivity index (χ1v) is 2.98. The fraction of sp³-hybridized carbons (Fsp3) is 0.143. The lowest BCUT2D eigenvalue weighted by Crippen LogP contribution is -2.09. The smallest absolute Gasteiger partial charge is 0.214 e. The van der Waals surface area contributed by atoms with E-state index >= 15 is 0 Å². The zero-order valence-corrected chi connectivity index (χ0v) is 5.84. The fourth-order valence-corrected chi connectivity index (χ4v) is 0.758. The van der Waals surface area contributed by atoms with E-state index in [9.17, 15) is 9.18 Å². The molecule has 0 fully saturated rings. The summed E-state index contributed by atoms with van der Waals surface area (Å²) in [5, 5.41) is 11.1. The van der Waals surface area contributed by atoms with Gasteiger partial charge in [-0.25, -0.2) is 4.39 Å². The molecular weight excluding hydrogens is 149 g/mol. The van der Waals surface area contributed by atoms with Gasteiger partial charge in [-0.05, 0) is 19.1 Å². The number of oxime groups is 1.